The quantitative estimate of drug-likeness (QED) is 0.781. The third-order valence-electron chi connectivity index (χ3n) is 2.52. The van der Waals surface area contributed by atoms with Gasteiger partial charge in [-0.1, -0.05) is 23.5 Å². The van der Waals surface area contributed by atoms with Gasteiger partial charge in [-0.2, -0.15) is 0 Å². The number of nitrogens with one attached hydrogen (secondary N) is 1. The number of hydrogen-bond donors (Lipinski definition) is 2. The second-order valence-corrected chi connectivity index (χ2v) is 5.01. The monoisotopic (exact) mass is 295 g/mol. The average molecular weight is 295 g/mol. The first-order valence-electron chi connectivity index (χ1n) is 5.83. The molecule has 0 bridgehead atoms. The molecular formula is C10H13N7O2S. The number of primary amides is 1. The number of hydrogen-bond acceptors (Lipinski definition) is 7. The summed E-state index contributed by atoms with van der Waals surface area (Å²) in [5, 5.41) is 19.0. The van der Waals surface area contributed by atoms with Crippen molar-refractivity contribution in [2.75, 3.05) is 5.32 Å². The fourth-order valence-electron chi connectivity index (χ4n) is 1.48. The molecule has 0 aliphatic rings. The van der Waals surface area contributed by atoms with E-state index in [9.17, 15) is 9.59 Å². The Morgan fingerprint density at radius 2 is 2.10 bits per heavy atom. The number of rotatable bonds is 5. The number of carbonyl (C=O) groups excluding carboxylic acids is 2. The van der Waals surface area contributed by atoms with E-state index in [0.717, 1.165) is 11.4 Å². The molecule has 2 aromatic rings. The zero-order valence-electron chi connectivity index (χ0n) is 11.0. The van der Waals surface area contributed by atoms with Gasteiger partial charge in [0.1, 0.15) is 11.6 Å². The zero-order valence-corrected chi connectivity index (χ0v) is 11.8. The maximum atomic E-state index is 11.8. The van der Waals surface area contributed by atoms with E-state index in [1.807, 2.05) is 6.92 Å². The van der Waals surface area contributed by atoms with Gasteiger partial charge in [0.15, 0.2) is 5.69 Å². The van der Waals surface area contributed by atoms with Crippen molar-refractivity contribution in [2.45, 2.75) is 26.8 Å². The minimum absolute atomic E-state index is 0.0574. The summed E-state index contributed by atoms with van der Waals surface area (Å²) >= 11 is 1.31. The highest BCUT2D eigenvalue weighted by Crippen LogP contribution is 2.15. The fourth-order valence-corrected chi connectivity index (χ4v) is 2.18. The number of nitrogens with zero attached hydrogens (tertiary/aromatic N) is 5. The van der Waals surface area contributed by atoms with E-state index in [4.69, 9.17) is 5.73 Å². The Morgan fingerprint density at radius 1 is 1.35 bits per heavy atom. The van der Waals surface area contributed by atoms with Crippen LogP contribution in [-0.4, -0.2) is 37.0 Å². The van der Waals surface area contributed by atoms with Crippen molar-refractivity contribution >= 4 is 28.3 Å². The summed E-state index contributed by atoms with van der Waals surface area (Å²) in [6.07, 6.45) is 0.762. The van der Waals surface area contributed by atoms with Crippen molar-refractivity contribution in [3.8, 4) is 0 Å². The molecule has 0 unspecified atom stereocenters. The molecule has 20 heavy (non-hydrogen) atoms. The second-order valence-electron chi connectivity index (χ2n) is 3.95. The molecule has 2 heterocycles. The average Bonchev–Trinajstić information content (AvgIpc) is 2.97. The van der Waals surface area contributed by atoms with Crippen molar-refractivity contribution in [2.24, 2.45) is 5.73 Å². The van der Waals surface area contributed by atoms with Gasteiger partial charge in [0.05, 0.1) is 5.69 Å². The van der Waals surface area contributed by atoms with Gasteiger partial charge < -0.3 is 5.73 Å². The van der Waals surface area contributed by atoms with Crippen LogP contribution in [0.1, 0.15) is 28.1 Å². The molecule has 9 nitrogen and oxygen atoms in total. The number of carbonyl (C=O) groups is 2. The van der Waals surface area contributed by atoms with E-state index < -0.39 is 5.91 Å². The Kier molecular flexibility index (Phi) is 4.03. The lowest BCUT2D eigenvalue weighted by Gasteiger charge is -2.02. The number of aryl methyl sites for hydroxylation is 1. The minimum atomic E-state index is -0.675. The lowest BCUT2D eigenvalue weighted by molar-refractivity contribution is -0.117. The summed E-state index contributed by atoms with van der Waals surface area (Å²) in [5.41, 5.74) is 5.63. The Morgan fingerprint density at radius 3 is 2.65 bits per heavy atom. The van der Waals surface area contributed by atoms with Crippen LogP contribution in [0.4, 0.5) is 5.13 Å². The minimum Gasteiger partial charge on any atom is -0.364 e. The van der Waals surface area contributed by atoms with Crippen molar-refractivity contribution < 1.29 is 9.59 Å². The third-order valence-corrected chi connectivity index (χ3v) is 3.51. The molecule has 2 rings (SSSR count). The van der Waals surface area contributed by atoms with E-state index in [1.165, 1.54) is 16.0 Å². The van der Waals surface area contributed by atoms with Crippen molar-refractivity contribution in [3.63, 3.8) is 0 Å². The van der Waals surface area contributed by atoms with Crippen molar-refractivity contribution in [3.05, 3.63) is 16.4 Å². The molecule has 0 aromatic carbocycles. The van der Waals surface area contributed by atoms with Crippen LogP contribution in [0, 0.1) is 6.92 Å². The highest BCUT2D eigenvalue weighted by molar-refractivity contribution is 7.15. The Bertz CT molecular complexity index is 648. The largest absolute Gasteiger partial charge is 0.364 e. The summed E-state index contributed by atoms with van der Waals surface area (Å²) in [4.78, 5) is 22.9. The van der Waals surface area contributed by atoms with Crippen LogP contribution in [0.25, 0.3) is 0 Å². The smallest absolute Gasteiger partial charge is 0.271 e. The molecule has 0 aliphatic carbocycles. The summed E-state index contributed by atoms with van der Waals surface area (Å²) in [5.74, 6) is -1.00. The van der Waals surface area contributed by atoms with Gasteiger partial charge >= 0.3 is 0 Å². The summed E-state index contributed by atoms with van der Waals surface area (Å²) < 4.78 is 1.30. The standard InChI is InChI=1S/C10H13N7O2S/c1-3-7-13-15-10(20-7)12-6(18)4-17-5(2)8(9(11)19)14-16-17/h3-4H2,1-2H3,(H2,11,19)(H,12,15,18). The van der Waals surface area contributed by atoms with Gasteiger partial charge in [0.25, 0.3) is 5.91 Å². The van der Waals surface area contributed by atoms with Crippen LogP contribution in [-0.2, 0) is 17.8 Å². The molecule has 2 amide bonds. The van der Waals surface area contributed by atoms with Gasteiger partial charge in [0.2, 0.25) is 11.0 Å². The lowest BCUT2D eigenvalue weighted by atomic mass is 10.3. The normalized spacial score (nSPS) is 10.5. The molecule has 0 saturated heterocycles. The van der Waals surface area contributed by atoms with Gasteiger partial charge in [-0.3, -0.25) is 14.9 Å². The van der Waals surface area contributed by atoms with E-state index in [-0.39, 0.29) is 18.1 Å². The molecule has 10 heteroatoms. The summed E-state index contributed by atoms with van der Waals surface area (Å²) in [6.45, 7) is 3.50. The highest BCUT2D eigenvalue weighted by Gasteiger charge is 2.16. The van der Waals surface area contributed by atoms with Crippen molar-refractivity contribution in [1.82, 2.24) is 25.2 Å². The number of aromatic nitrogens is 5. The molecule has 0 saturated carbocycles. The van der Waals surface area contributed by atoms with Crippen LogP contribution >= 0.6 is 11.3 Å². The van der Waals surface area contributed by atoms with Gasteiger partial charge in [0, 0.05) is 0 Å². The van der Waals surface area contributed by atoms with Crippen molar-refractivity contribution in [1.29, 1.82) is 0 Å². The predicted molar refractivity (Wildman–Crippen MR) is 71.2 cm³/mol. The zero-order chi connectivity index (χ0) is 14.7. The van der Waals surface area contributed by atoms with E-state index in [0.29, 0.717) is 10.8 Å². The van der Waals surface area contributed by atoms with E-state index >= 15 is 0 Å². The first-order chi connectivity index (χ1) is 9.51. The van der Waals surface area contributed by atoms with Crippen LogP contribution in [0.15, 0.2) is 0 Å². The predicted octanol–water partition coefficient (Wildman–Crippen LogP) is -0.262. The fraction of sp³-hybridized carbons (Fsp3) is 0.400. The Balaban J connectivity index is 2.03. The van der Waals surface area contributed by atoms with Gasteiger partial charge in [-0.05, 0) is 13.3 Å². The molecule has 106 valence electrons. The second kappa shape index (κ2) is 5.74. The molecule has 0 fully saturated rings. The summed E-state index contributed by atoms with van der Waals surface area (Å²) in [6, 6.07) is 0. The Labute approximate surface area is 118 Å². The number of amides is 2. The molecule has 0 aliphatic heterocycles. The first-order valence-corrected chi connectivity index (χ1v) is 6.65. The molecule has 0 spiro atoms. The SMILES string of the molecule is CCc1nnc(NC(=O)Cn2nnc(C(N)=O)c2C)s1. The maximum Gasteiger partial charge on any atom is 0.271 e. The van der Waals surface area contributed by atoms with Gasteiger partial charge in [-0.15, -0.1) is 15.3 Å². The molecular weight excluding hydrogens is 282 g/mol. The number of anilines is 1. The highest BCUT2D eigenvalue weighted by atomic mass is 32.1. The van der Waals surface area contributed by atoms with Crippen LogP contribution < -0.4 is 11.1 Å². The topological polar surface area (TPSA) is 129 Å². The maximum absolute atomic E-state index is 11.8. The van der Waals surface area contributed by atoms with Gasteiger partial charge in [-0.25, -0.2) is 4.68 Å². The molecule has 0 atom stereocenters. The summed E-state index contributed by atoms with van der Waals surface area (Å²) in [7, 11) is 0. The van der Waals surface area contributed by atoms with E-state index in [1.54, 1.807) is 6.92 Å². The molecule has 0 radical (unpaired) electrons. The molecule has 2 aromatic heterocycles. The lowest BCUT2D eigenvalue weighted by Crippen LogP contribution is -2.21. The van der Waals surface area contributed by atoms with Crippen LogP contribution in [0.2, 0.25) is 0 Å². The van der Waals surface area contributed by atoms with Crippen LogP contribution in [0.5, 0.6) is 0 Å². The molecule has 3 N–H and O–H groups in total. The first kappa shape index (κ1) is 14.1. The van der Waals surface area contributed by atoms with Crippen LogP contribution in [0.3, 0.4) is 0 Å². The van der Waals surface area contributed by atoms with E-state index in [2.05, 4.69) is 25.8 Å². The third kappa shape index (κ3) is 2.96. The Hall–Kier alpha value is -2.36. The number of nitrogens with two attached hydrogens (primary N) is 1.